The molecule has 0 radical (unpaired) electrons. The van der Waals surface area contributed by atoms with Gasteiger partial charge < -0.3 is 15.2 Å². The zero-order chi connectivity index (χ0) is 13.0. The maximum atomic E-state index is 7.39. The second-order valence-electron chi connectivity index (χ2n) is 3.40. The molecule has 0 saturated carbocycles. The molecule has 6 heteroatoms. The zero-order valence-corrected chi connectivity index (χ0v) is 9.75. The number of nitrogens with two attached hydrogens (primary N) is 1. The van der Waals surface area contributed by atoms with Crippen LogP contribution in [-0.2, 0) is 0 Å². The first kappa shape index (κ1) is 11.8. The molecule has 0 spiro atoms. The first-order valence-corrected chi connectivity index (χ1v) is 5.18. The molecule has 0 saturated heterocycles. The number of nitrogens with one attached hydrogen (secondary N) is 1. The van der Waals surface area contributed by atoms with Crippen molar-refractivity contribution in [2.75, 3.05) is 7.11 Å². The molecule has 0 aliphatic carbocycles. The van der Waals surface area contributed by atoms with Gasteiger partial charge >= 0.3 is 0 Å². The van der Waals surface area contributed by atoms with Gasteiger partial charge in [0.1, 0.15) is 17.3 Å². The summed E-state index contributed by atoms with van der Waals surface area (Å²) in [5.41, 5.74) is 5.61. The van der Waals surface area contributed by atoms with Crippen molar-refractivity contribution < 1.29 is 9.47 Å². The zero-order valence-electron chi connectivity index (χ0n) is 9.75. The second kappa shape index (κ2) is 5.13. The van der Waals surface area contributed by atoms with Gasteiger partial charge in [-0.15, -0.1) is 0 Å². The molecule has 2 aromatic rings. The van der Waals surface area contributed by atoms with E-state index in [9.17, 15) is 0 Å². The van der Waals surface area contributed by atoms with Crippen LogP contribution in [0.25, 0.3) is 0 Å². The highest BCUT2D eigenvalue weighted by Gasteiger charge is 2.10. The minimum atomic E-state index is -0.194. The Kier molecular flexibility index (Phi) is 3.38. The Hall–Kier alpha value is -2.63. The lowest BCUT2D eigenvalue weighted by Gasteiger charge is -2.08. The van der Waals surface area contributed by atoms with Gasteiger partial charge in [-0.05, 0) is 12.1 Å². The van der Waals surface area contributed by atoms with Crippen LogP contribution < -0.4 is 15.2 Å². The molecule has 6 nitrogen and oxygen atoms in total. The molecular formula is C12H12N4O2. The number of aromatic nitrogens is 2. The molecule has 0 fully saturated rings. The van der Waals surface area contributed by atoms with Crippen LogP contribution in [0.4, 0.5) is 0 Å². The number of amidine groups is 1. The predicted octanol–water partition coefficient (Wildman–Crippen LogP) is 1.56. The maximum Gasteiger partial charge on any atom is 0.249 e. The van der Waals surface area contributed by atoms with E-state index in [4.69, 9.17) is 20.6 Å². The minimum Gasteiger partial charge on any atom is -0.497 e. The summed E-state index contributed by atoms with van der Waals surface area (Å²) in [5.74, 6) is 1.21. The van der Waals surface area contributed by atoms with Crippen LogP contribution in [-0.4, -0.2) is 22.9 Å². The Morgan fingerprint density at radius 3 is 2.67 bits per heavy atom. The number of nitrogens with zero attached hydrogens (tertiary/aromatic N) is 2. The third-order valence-electron chi connectivity index (χ3n) is 2.18. The molecule has 0 aliphatic rings. The number of benzene rings is 1. The normalized spacial score (nSPS) is 9.83. The van der Waals surface area contributed by atoms with Gasteiger partial charge in [-0.25, -0.2) is 9.97 Å². The van der Waals surface area contributed by atoms with Crippen LogP contribution in [0.3, 0.4) is 0 Å². The molecule has 0 aliphatic heterocycles. The standard InChI is InChI=1S/C12H12N4O2/c1-17-8-3-2-4-9(7-8)18-12-10(11(13)14)15-5-6-16-12/h2-7H,1H3,(H3,13,14). The van der Waals surface area contributed by atoms with E-state index in [0.29, 0.717) is 11.5 Å². The third-order valence-corrected chi connectivity index (χ3v) is 2.18. The molecule has 0 unspecified atom stereocenters. The number of methoxy groups -OCH3 is 1. The molecule has 1 aromatic carbocycles. The van der Waals surface area contributed by atoms with E-state index in [1.54, 1.807) is 31.4 Å². The molecular weight excluding hydrogens is 232 g/mol. The third kappa shape index (κ3) is 2.54. The highest BCUT2D eigenvalue weighted by molar-refractivity contribution is 5.95. The lowest BCUT2D eigenvalue weighted by atomic mass is 10.3. The van der Waals surface area contributed by atoms with E-state index in [1.165, 1.54) is 12.4 Å². The highest BCUT2D eigenvalue weighted by atomic mass is 16.5. The molecule has 0 bridgehead atoms. The molecule has 1 aromatic heterocycles. The van der Waals surface area contributed by atoms with E-state index in [2.05, 4.69) is 9.97 Å². The van der Waals surface area contributed by atoms with Crippen molar-refractivity contribution in [1.29, 1.82) is 5.41 Å². The number of hydrogen-bond acceptors (Lipinski definition) is 5. The van der Waals surface area contributed by atoms with Crippen molar-refractivity contribution in [3.8, 4) is 17.4 Å². The summed E-state index contributed by atoms with van der Waals surface area (Å²) in [6, 6.07) is 7.05. The first-order valence-electron chi connectivity index (χ1n) is 5.18. The fraction of sp³-hybridized carbons (Fsp3) is 0.0833. The molecule has 3 N–H and O–H groups in total. The summed E-state index contributed by atoms with van der Waals surface area (Å²) in [6.07, 6.45) is 2.93. The Bertz CT molecular complexity index is 572. The van der Waals surface area contributed by atoms with Crippen LogP contribution in [0.5, 0.6) is 17.4 Å². The van der Waals surface area contributed by atoms with Gasteiger partial charge in [-0.1, -0.05) is 6.07 Å². The van der Waals surface area contributed by atoms with Crippen molar-refractivity contribution in [1.82, 2.24) is 9.97 Å². The van der Waals surface area contributed by atoms with E-state index in [1.807, 2.05) is 0 Å². The van der Waals surface area contributed by atoms with Crippen LogP contribution in [0, 0.1) is 5.41 Å². The summed E-state index contributed by atoms with van der Waals surface area (Å²) in [4.78, 5) is 7.95. The van der Waals surface area contributed by atoms with Gasteiger partial charge in [0.15, 0.2) is 5.69 Å². The number of rotatable bonds is 4. The van der Waals surface area contributed by atoms with Crippen LogP contribution >= 0.6 is 0 Å². The predicted molar refractivity (Wildman–Crippen MR) is 66.1 cm³/mol. The van der Waals surface area contributed by atoms with Gasteiger partial charge in [0.05, 0.1) is 7.11 Å². The van der Waals surface area contributed by atoms with E-state index in [-0.39, 0.29) is 17.4 Å². The lowest BCUT2D eigenvalue weighted by Crippen LogP contribution is -2.15. The quantitative estimate of drug-likeness (QED) is 0.628. The smallest absolute Gasteiger partial charge is 0.249 e. The molecule has 1 heterocycles. The Morgan fingerprint density at radius 1 is 1.22 bits per heavy atom. The summed E-state index contributed by atoms with van der Waals surface area (Å²) in [7, 11) is 1.57. The van der Waals surface area contributed by atoms with Crippen LogP contribution in [0.15, 0.2) is 36.7 Å². The van der Waals surface area contributed by atoms with Gasteiger partial charge in [-0.2, -0.15) is 0 Å². The highest BCUT2D eigenvalue weighted by Crippen LogP contribution is 2.24. The first-order chi connectivity index (χ1) is 8.70. The SMILES string of the molecule is COc1cccc(Oc2nccnc2C(=N)N)c1. The van der Waals surface area contributed by atoms with Gasteiger partial charge in [-0.3, -0.25) is 5.41 Å². The summed E-state index contributed by atoms with van der Waals surface area (Å²) in [6.45, 7) is 0. The molecule has 0 atom stereocenters. The van der Waals surface area contributed by atoms with Crippen molar-refractivity contribution >= 4 is 5.84 Å². The monoisotopic (exact) mass is 244 g/mol. The van der Waals surface area contributed by atoms with E-state index in [0.717, 1.165) is 0 Å². The number of nitrogen functional groups attached to an aromatic ring is 1. The maximum absolute atomic E-state index is 7.39. The minimum absolute atomic E-state index is 0.193. The number of ether oxygens (including phenoxy) is 2. The average molecular weight is 244 g/mol. The van der Waals surface area contributed by atoms with Gasteiger partial charge in [0, 0.05) is 18.5 Å². The molecule has 18 heavy (non-hydrogen) atoms. The van der Waals surface area contributed by atoms with E-state index < -0.39 is 0 Å². The fourth-order valence-electron chi connectivity index (χ4n) is 1.36. The largest absolute Gasteiger partial charge is 0.497 e. The molecule has 92 valence electrons. The van der Waals surface area contributed by atoms with E-state index >= 15 is 0 Å². The second-order valence-corrected chi connectivity index (χ2v) is 3.40. The van der Waals surface area contributed by atoms with Gasteiger partial charge in [0.2, 0.25) is 5.88 Å². The van der Waals surface area contributed by atoms with Crippen molar-refractivity contribution in [3.63, 3.8) is 0 Å². The lowest BCUT2D eigenvalue weighted by molar-refractivity contribution is 0.407. The van der Waals surface area contributed by atoms with Crippen LogP contribution in [0.1, 0.15) is 5.69 Å². The topological polar surface area (TPSA) is 94.1 Å². The molecule has 0 amide bonds. The van der Waals surface area contributed by atoms with Gasteiger partial charge in [0.25, 0.3) is 0 Å². The number of hydrogen-bond donors (Lipinski definition) is 2. The summed E-state index contributed by atoms with van der Waals surface area (Å²) < 4.78 is 10.6. The Balaban J connectivity index is 2.31. The van der Waals surface area contributed by atoms with Crippen molar-refractivity contribution in [2.45, 2.75) is 0 Å². The van der Waals surface area contributed by atoms with Crippen molar-refractivity contribution in [2.24, 2.45) is 5.73 Å². The fourth-order valence-corrected chi connectivity index (χ4v) is 1.36. The Morgan fingerprint density at radius 2 is 1.94 bits per heavy atom. The Labute approximate surface area is 104 Å². The summed E-state index contributed by atoms with van der Waals surface area (Å²) in [5, 5.41) is 7.39. The van der Waals surface area contributed by atoms with Crippen molar-refractivity contribution in [3.05, 3.63) is 42.4 Å². The van der Waals surface area contributed by atoms with Crippen LogP contribution in [0.2, 0.25) is 0 Å². The molecule has 2 rings (SSSR count). The summed E-state index contributed by atoms with van der Waals surface area (Å²) >= 11 is 0. The average Bonchev–Trinajstić information content (AvgIpc) is 2.39.